The van der Waals surface area contributed by atoms with E-state index in [9.17, 15) is 4.79 Å². The van der Waals surface area contributed by atoms with Gasteiger partial charge in [0.05, 0.1) is 17.1 Å². The average molecular weight is 256 g/mol. The molecule has 6 heteroatoms. The molecule has 0 fully saturated rings. The van der Waals surface area contributed by atoms with Crippen molar-refractivity contribution in [3.8, 4) is 10.6 Å². The molecule has 0 N–H and O–H groups in total. The van der Waals surface area contributed by atoms with E-state index in [2.05, 4.69) is 10.1 Å². The zero-order chi connectivity index (χ0) is 11.7. The van der Waals surface area contributed by atoms with Crippen LogP contribution in [-0.2, 0) is 7.05 Å². The molecule has 0 bridgehead atoms. The van der Waals surface area contributed by atoms with Crippen molar-refractivity contribution in [2.75, 3.05) is 5.88 Å². The van der Waals surface area contributed by atoms with Gasteiger partial charge >= 0.3 is 0 Å². The number of thiazole rings is 1. The smallest absolute Gasteiger partial charge is 0.196 e. The van der Waals surface area contributed by atoms with Gasteiger partial charge in [0.1, 0.15) is 10.7 Å². The van der Waals surface area contributed by atoms with Crippen LogP contribution in [0.3, 0.4) is 0 Å². The molecule has 0 radical (unpaired) electrons. The first kappa shape index (κ1) is 11.3. The fraction of sp³-hybridized carbons (Fsp3) is 0.300. The van der Waals surface area contributed by atoms with Crippen molar-refractivity contribution in [3.63, 3.8) is 0 Å². The van der Waals surface area contributed by atoms with Crippen molar-refractivity contribution in [1.82, 2.24) is 14.8 Å². The van der Waals surface area contributed by atoms with Crippen LogP contribution >= 0.6 is 22.9 Å². The number of aromatic nitrogens is 3. The molecule has 0 aliphatic rings. The molecule has 0 amide bonds. The van der Waals surface area contributed by atoms with Crippen LogP contribution in [0.25, 0.3) is 10.6 Å². The molecule has 0 aromatic carbocycles. The Balaban J connectivity index is 2.38. The van der Waals surface area contributed by atoms with Crippen LogP contribution < -0.4 is 0 Å². The molecular weight excluding hydrogens is 246 g/mol. The highest BCUT2D eigenvalue weighted by Gasteiger charge is 2.13. The summed E-state index contributed by atoms with van der Waals surface area (Å²) in [6.07, 6.45) is 1.89. The van der Waals surface area contributed by atoms with Crippen molar-refractivity contribution in [2.24, 2.45) is 7.05 Å². The summed E-state index contributed by atoms with van der Waals surface area (Å²) < 4.78 is 1.73. The van der Waals surface area contributed by atoms with Gasteiger partial charge in [-0.1, -0.05) is 0 Å². The normalized spacial score (nSPS) is 10.7. The first-order valence-electron chi connectivity index (χ1n) is 4.67. The van der Waals surface area contributed by atoms with E-state index in [1.165, 1.54) is 11.3 Å². The third-order valence-corrected chi connectivity index (χ3v) is 3.27. The molecule has 2 rings (SSSR count). The van der Waals surface area contributed by atoms with E-state index in [0.717, 1.165) is 16.3 Å². The minimum Gasteiger partial charge on any atom is -0.291 e. The van der Waals surface area contributed by atoms with E-state index in [0.29, 0.717) is 5.69 Å². The van der Waals surface area contributed by atoms with Gasteiger partial charge in [0.25, 0.3) is 0 Å². The predicted molar refractivity (Wildman–Crippen MR) is 64.1 cm³/mol. The molecule has 0 saturated heterocycles. The lowest BCUT2D eigenvalue weighted by Crippen LogP contribution is -2.00. The maximum Gasteiger partial charge on any atom is 0.196 e. The molecule has 0 spiro atoms. The van der Waals surface area contributed by atoms with E-state index < -0.39 is 0 Å². The van der Waals surface area contributed by atoms with Crippen LogP contribution in [0.15, 0.2) is 11.6 Å². The fourth-order valence-corrected chi connectivity index (χ4v) is 2.43. The lowest BCUT2D eigenvalue weighted by Gasteiger charge is -1.90. The van der Waals surface area contributed by atoms with Crippen LogP contribution in [0.5, 0.6) is 0 Å². The highest BCUT2D eigenvalue weighted by Crippen LogP contribution is 2.26. The average Bonchev–Trinajstić information content (AvgIpc) is 2.83. The van der Waals surface area contributed by atoms with Gasteiger partial charge in [-0.2, -0.15) is 5.10 Å². The van der Waals surface area contributed by atoms with Gasteiger partial charge in [-0.3, -0.25) is 9.48 Å². The first-order valence-corrected chi connectivity index (χ1v) is 6.08. The molecular formula is C10H10ClN3OS. The number of carbonyl (C=O) groups excluding carboxylic acids is 1. The summed E-state index contributed by atoms with van der Waals surface area (Å²) in [5, 5.41) is 6.77. The van der Waals surface area contributed by atoms with E-state index >= 15 is 0 Å². The molecule has 0 atom stereocenters. The van der Waals surface area contributed by atoms with Gasteiger partial charge in [0, 0.05) is 18.6 Å². The second-order valence-electron chi connectivity index (χ2n) is 3.40. The molecule has 16 heavy (non-hydrogen) atoms. The molecule has 0 aliphatic heterocycles. The third kappa shape index (κ3) is 2.01. The summed E-state index contributed by atoms with van der Waals surface area (Å²) in [5.74, 6) is -0.180. The molecule has 2 aromatic heterocycles. The number of rotatable bonds is 3. The number of ketones is 1. The number of Topliss-reactive ketones (excluding diaryl/α,β-unsaturated/α-hetero) is 1. The van der Waals surface area contributed by atoms with Crippen LogP contribution in [0.2, 0.25) is 0 Å². The fourth-order valence-electron chi connectivity index (χ4n) is 1.40. The number of alkyl halides is 1. The Bertz CT molecular complexity index is 532. The standard InChI is InChI=1S/C10H10ClN3OS/c1-6-7(4-14(2)13-6)10-12-8(5-16-10)9(15)3-11/h4-5H,3H2,1-2H3. The number of nitrogens with zero attached hydrogens (tertiary/aromatic N) is 3. The van der Waals surface area contributed by atoms with Crippen LogP contribution in [0.1, 0.15) is 16.2 Å². The Morgan fingerprint density at radius 3 is 2.94 bits per heavy atom. The molecule has 0 aliphatic carbocycles. The maximum absolute atomic E-state index is 11.3. The van der Waals surface area contributed by atoms with E-state index in [1.54, 1.807) is 10.1 Å². The highest BCUT2D eigenvalue weighted by atomic mass is 35.5. The van der Waals surface area contributed by atoms with Crippen LogP contribution in [0, 0.1) is 6.92 Å². The Morgan fingerprint density at radius 2 is 2.38 bits per heavy atom. The molecule has 2 aromatic rings. The number of hydrogen-bond donors (Lipinski definition) is 0. The van der Waals surface area contributed by atoms with Gasteiger partial charge in [-0.25, -0.2) is 4.98 Å². The van der Waals surface area contributed by atoms with Gasteiger partial charge in [-0.15, -0.1) is 22.9 Å². The monoisotopic (exact) mass is 255 g/mol. The Morgan fingerprint density at radius 1 is 1.62 bits per heavy atom. The van der Waals surface area contributed by atoms with E-state index in [4.69, 9.17) is 11.6 Å². The second-order valence-corrected chi connectivity index (χ2v) is 4.52. The minimum absolute atomic E-state index is 0.0325. The van der Waals surface area contributed by atoms with Crippen molar-refractivity contribution in [3.05, 3.63) is 23.0 Å². The Labute approximate surface area is 102 Å². The second kappa shape index (κ2) is 4.35. The molecule has 0 saturated carbocycles. The number of carbonyl (C=O) groups is 1. The summed E-state index contributed by atoms with van der Waals surface area (Å²) in [6.45, 7) is 1.92. The van der Waals surface area contributed by atoms with Gasteiger partial charge in [0.15, 0.2) is 5.78 Å². The lowest BCUT2D eigenvalue weighted by molar-refractivity contribution is 0.101. The molecule has 0 unspecified atom stereocenters. The SMILES string of the molecule is Cc1nn(C)cc1-c1nc(C(=O)CCl)cs1. The minimum atomic E-state index is -0.147. The highest BCUT2D eigenvalue weighted by molar-refractivity contribution is 7.13. The molecule has 4 nitrogen and oxygen atoms in total. The zero-order valence-corrected chi connectivity index (χ0v) is 10.5. The maximum atomic E-state index is 11.3. The largest absolute Gasteiger partial charge is 0.291 e. The van der Waals surface area contributed by atoms with Gasteiger partial charge < -0.3 is 0 Å². The summed E-state index contributed by atoms with van der Waals surface area (Å²) >= 11 is 6.91. The van der Waals surface area contributed by atoms with Gasteiger partial charge in [0.2, 0.25) is 0 Å². The van der Waals surface area contributed by atoms with Crippen molar-refractivity contribution >= 4 is 28.7 Å². The molecule has 84 valence electrons. The predicted octanol–water partition coefficient (Wildman–Crippen LogP) is 2.27. The number of halogens is 1. The summed E-state index contributed by atoms with van der Waals surface area (Å²) in [7, 11) is 1.86. The van der Waals surface area contributed by atoms with Crippen LogP contribution in [0.4, 0.5) is 0 Å². The lowest BCUT2D eigenvalue weighted by atomic mass is 10.3. The van der Waals surface area contributed by atoms with E-state index in [1.807, 2.05) is 20.2 Å². The zero-order valence-electron chi connectivity index (χ0n) is 8.90. The molecule has 2 heterocycles. The number of aryl methyl sites for hydroxylation is 2. The summed E-state index contributed by atoms with van der Waals surface area (Å²) in [6, 6.07) is 0. The Kier molecular flexibility index (Phi) is 3.07. The quantitative estimate of drug-likeness (QED) is 0.624. The van der Waals surface area contributed by atoms with Crippen molar-refractivity contribution in [1.29, 1.82) is 0 Å². The third-order valence-electron chi connectivity index (χ3n) is 2.16. The van der Waals surface area contributed by atoms with Gasteiger partial charge in [-0.05, 0) is 6.92 Å². The first-order chi connectivity index (χ1) is 7.61. The summed E-state index contributed by atoms with van der Waals surface area (Å²) in [5.41, 5.74) is 2.29. The van der Waals surface area contributed by atoms with Crippen molar-refractivity contribution < 1.29 is 4.79 Å². The topological polar surface area (TPSA) is 47.8 Å². The summed E-state index contributed by atoms with van der Waals surface area (Å²) in [4.78, 5) is 15.6. The van der Waals surface area contributed by atoms with Crippen LogP contribution in [-0.4, -0.2) is 26.4 Å². The number of hydrogen-bond acceptors (Lipinski definition) is 4. The Hall–Kier alpha value is -1.20. The van der Waals surface area contributed by atoms with Crippen molar-refractivity contribution in [2.45, 2.75) is 6.92 Å². The van der Waals surface area contributed by atoms with E-state index in [-0.39, 0.29) is 11.7 Å².